The summed E-state index contributed by atoms with van der Waals surface area (Å²) in [5.74, 6) is 1.02. The zero-order chi connectivity index (χ0) is 15.2. The fraction of sp³-hybridized carbons (Fsp3) is 0.611. The monoisotopic (exact) mass is 288 g/mol. The van der Waals surface area contributed by atoms with E-state index in [0.29, 0.717) is 0 Å². The molecule has 2 rings (SSSR count). The number of hydrogen-bond acceptors (Lipinski definition) is 2. The van der Waals surface area contributed by atoms with Gasteiger partial charge in [-0.1, -0.05) is 51.1 Å². The Labute approximate surface area is 128 Å². The summed E-state index contributed by atoms with van der Waals surface area (Å²) in [7, 11) is 0. The van der Waals surface area contributed by atoms with Crippen LogP contribution in [0, 0.1) is 5.92 Å². The Kier molecular flexibility index (Phi) is 5.80. The minimum atomic E-state index is -0.130. The molecule has 1 atom stereocenters. The van der Waals surface area contributed by atoms with Gasteiger partial charge in [0.2, 0.25) is 5.91 Å². The molecule has 1 aliphatic rings. The summed E-state index contributed by atoms with van der Waals surface area (Å²) in [6.45, 7) is 10.1. The number of nitrogens with zero attached hydrogens (tertiary/aromatic N) is 2. The molecule has 1 saturated heterocycles. The highest BCUT2D eigenvalue weighted by Gasteiger charge is 2.31. The highest BCUT2D eigenvalue weighted by Crippen LogP contribution is 2.26. The van der Waals surface area contributed by atoms with Gasteiger partial charge in [0, 0.05) is 13.1 Å². The van der Waals surface area contributed by atoms with E-state index in [1.165, 1.54) is 0 Å². The summed E-state index contributed by atoms with van der Waals surface area (Å²) >= 11 is 0. The molecule has 1 aromatic rings. The molecule has 1 aromatic carbocycles. The van der Waals surface area contributed by atoms with E-state index in [4.69, 9.17) is 0 Å². The van der Waals surface area contributed by atoms with E-state index in [0.717, 1.165) is 50.5 Å². The largest absolute Gasteiger partial charge is 0.341 e. The zero-order valence-corrected chi connectivity index (χ0v) is 13.6. The van der Waals surface area contributed by atoms with Crippen molar-refractivity contribution in [3.63, 3.8) is 0 Å². The Hall–Kier alpha value is -1.35. The van der Waals surface area contributed by atoms with Crippen molar-refractivity contribution >= 4 is 5.91 Å². The summed E-state index contributed by atoms with van der Waals surface area (Å²) < 4.78 is 0. The number of hydrogen-bond donors (Lipinski definition) is 0. The number of carbonyl (C=O) groups is 1. The maximum Gasteiger partial charge on any atom is 0.244 e. The van der Waals surface area contributed by atoms with Crippen molar-refractivity contribution in [3.05, 3.63) is 35.9 Å². The smallest absolute Gasteiger partial charge is 0.244 e. The van der Waals surface area contributed by atoms with E-state index < -0.39 is 0 Å². The molecule has 0 bridgehead atoms. The third kappa shape index (κ3) is 3.85. The highest BCUT2D eigenvalue weighted by molar-refractivity contribution is 5.83. The molecule has 1 heterocycles. The van der Waals surface area contributed by atoms with Gasteiger partial charge >= 0.3 is 0 Å². The first-order valence-corrected chi connectivity index (χ1v) is 8.25. The van der Waals surface area contributed by atoms with Crippen LogP contribution in [0.15, 0.2) is 30.3 Å². The van der Waals surface area contributed by atoms with Crippen LogP contribution >= 0.6 is 0 Å². The van der Waals surface area contributed by atoms with Gasteiger partial charge in [-0.15, -0.1) is 0 Å². The second kappa shape index (κ2) is 7.60. The van der Waals surface area contributed by atoms with Gasteiger partial charge in [-0.3, -0.25) is 9.69 Å². The standard InChI is InChI=1S/C18H28N2O/c1-4-19(5-2)17(16-9-7-6-8-10-16)18(21)20-13-11-15(3)12-14-20/h6-10,15,17H,4-5,11-14H2,1-3H3. The Morgan fingerprint density at radius 3 is 2.29 bits per heavy atom. The average molecular weight is 288 g/mol. The fourth-order valence-electron chi connectivity index (χ4n) is 3.14. The van der Waals surface area contributed by atoms with Gasteiger partial charge in [0.15, 0.2) is 0 Å². The molecule has 116 valence electrons. The molecule has 1 unspecified atom stereocenters. The maximum atomic E-state index is 13.0. The lowest BCUT2D eigenvalue weighted by Gasteiger charge is -2.37. The number of piperidine rings is 1. The molecule has 1 fully saturated rings. The molecule has 0 spiro atoms. The molecule has 0 aromatic heterocycles. The average Bonchev–Trinajstić information content (AvgIpc) is 2.53. The Morgan fingerprint density at radius 1 is 1.19 bits per heavy atom. The van der Waals surface area contributed by atoms with E-state index in [1.54, 1.807) is 0 Å². The number of amides is 1. The molecule has 1 amide bonds. The Balaban J connectivity index is 2.20. The van der Waals surface area contributed by atoms with Gasteiger partial charge in [-0.2, -0.15) is 0 Å². The molecule has 21 heavy (non-hydrogen) atoms. The lowest BCUT2D eigenvalue weighted by molar-refractivity contribution is -0.138. The molecule has 1 aliphatic heterocycles. The van der Waals surface area contributed by atoms with Crippen LogP contribution in [0.5, 0.6) is 0 Å². The Bertz CT molecular complexity index is 434. The van der Waals surface area contributed by atoms with E-state index in [-0.39, 0.29) is 11.9 Å². The lowest BCUT2D eigenvalue weighted by atomic mass is 9.97. The van der Waals surface area contributed by atoms with Crippen LogP contribution in [0.4, 0.5) is 0 Å². The van der Waals surface area contributed by atoms with Gasteiger partial charge in [0.05, 0.1) is 0 Å². The molecule has 0 saturated carbocycles. The van der Waals surface area contributed by atoms with E-state index >= 15 is 0 Å². The van der Waals surface area contributed by atoms with Crippen molar-refractivity contribution in [2.24, 2.45) is 5.92 Å². The predicted molar refractivity (Wildman–Crippen MR) is 87.1 cm³/mol. The topological polar surface area (TPSA) is 23.6 Å². The van der Waals surface area contributed by atoms with Crippen LogP contribution in [0.2, 0.25) is 0 Å². The van der Waals surface area contributed by atoms with Crippen LogP contribution in [0.25, 0.3) is 0 Å². The van der Waals surface area contributed by atoms with E-state index in [1.807, 2.05) is 18.2 Å². The van der Waals surface area contributed by atoms with Crippen molar-refractivity contribution in [3.8, 4) is 0 Å². The quantitative estimate of drug-likeness (QED) is 0.830. The van der Waals surface area contributed by atoms with Crippen molar-refractivity contribution in [1.82, 2.24) is 9.80 Å². The van der Waals surface area contributed by atoms with Gasteiger partial charge in [-0.25, -0.2) is 0 Å². The van der Waals surface area contributed by atoms with Gasteiger partial charge < -0.3 is 4.90 Å². The first-order valence-electron chi connectivity index (χ1n) is 8.25. The van der Waals surface area contributed by atoms with Crippen molar-refractivity contribution in [2.75, 3.05) is 26.2 Å². The van der Waals surface area contributed by atoms with Crippen LogP contribution in [-0.2, 0) is 4.79 Å². The molecule has 3 heteroatoms. The number of benzene rings is 1. The fourth-order valence-corrected chi connectivity index (χ4v) is 3.14. The molecule has 0 N–H and O–H groups in total. The summed E-state index contributed by atoms with van der Waals surface area (Å²) in [4.78, 5) is 17.4. The van der Waals surface area contributed by atoms with Crippen LogP contribution in [0.1, 0.15) is 45.2 Å². The van der Waals surface area contributed by atoms with Gasteiger partial charge in [0.1, 0.15) is 6.04 Å². The number of rotatable bonds is 5. The summed E-state index contributed by atoms with van der Waals surface area (Å²) in [5.41, 5.74) is 1.12. The van der Waals surface area contributed by atoms with Gasteiger partial charge in [-0.05, 0) is 37.4 Å². The number of carbonyl (C=O) groups excluding carboxylic acids is 1. The molecule has 0 aliphatic carbocycles. The summed E-state index contributed by atoms with van der Waals surface area (Å²) in [6, 6.07) is 10.1. The van der Waals surface area contributed by atoms with Crippen molar-refractivity contribution < 1.29 is 4.79 Å². The maximum absolute atomic E-state index is 13.0. The molecular formula is C18H28N2O. The summed E-state index contributed by atoms with van der Waals surface area (Å²) in [5, 5.41) is 0. The third-order valence-electron chi connectivity index (χ3n) is 4.62. The lowest BCUT2D eigenvalue weighted by Crippen LogP contribution is -2.46. The molecule has 0 radical (unpaired) electrons. The first-order chi connectivity index (χ1) is 10.2. The molecule has 3 nitrogen and oxygen atoms in total. The van der Waals surface area contributed by atoms with Crippen LogP contribution in [-0.4, -0.2) is 41.9 Å². The minimum Gasteiger partial charge on any atom is -0.341 e. The third-order valence-corrected chi connectivity index (χ3v) is 4.62. The number of likely N-dealkylation sites (tertiary alicyclic amines) is 1. The number of likely N-dealkylation sites (N-methyl/N-ethyl adjacent to an activating group) is 1. The van der Waals surface area contributed by atoms with E-state index in [9.17, 15) is 4.79 Å². The second-order valence-corrected chi connectivity index (χ2v) is 6.04. The highest BCUT2D eigenvalue weighted by atomic mass is 16.2. The minimum absolute atomic E-state index is 0.130. The summed E-state index contributed by atoms with van der Waals surface area (Å²) in [6.07, 6.45) is 2.26. The molecular weight excluding hydrogens is 260 g/mol. The van der Waals surface area contributed by atoms with Crippen LogP contribution in [0.3, 0.4) is 0 Å². The van der Waals surface area contributed by atoms with Crippen molar-refractivity contribution in [2.45, 2.75) is 39.7 Å². The predicted octanol–water partition coefficient (Wildman–Crippen LogP) is 3.33. The van der Waals surface area contributed by atoms with Crippen molar-refractivity contribution in [1.29, 1.82) is 0 Å². The normalized spacial score (nSPS) is 18.0. The Morgan fingerprint density at radius 2 is 1.76 bits per heavy atom. The SMILES string of the molecule is CCN(CC)C(C(=O)N1CCC(C)CC1)c1ccccc1. The second-order valence-electron chi connectivity index (χ2n) is 6.04. The van der Waals surface area contributed by atoms with Crippen LogP contribution < -0.4 is 0 Å². The van der Waals surface area contributed by atoms with E-state index in [2.05, 4.69) is 42.7 Å². The first kappa shape index (κ1) is 16.0. The van der Waals surface area contributed by atoms with Gasteiger partial charge in [0.25, 0.3) is 0 Å². The zero-order valence-electron chi connectivity index (χ0n) is 13.6.